The second-order valence-corrected chi connectivity index (χ2v) is 5.60. The van der Waals surface area contributed by atoms with Gasteiger partial charge >= 0.3 is 0 Å². The highest BCUT2D eigenvalue weighted by Gasteiger charge is 2.39. The summed E-state index contributed by atoms with van der Waals surface area (Å²) in [6, 6.07) is 4.86. The van der Waals surface area contributed by atoms with Crippen LogP contribution in [0, 0.1) is 5.41 Å². The molecule has 1 fully saturated rings. The number of pyridine rings is 1. The summed E-state index contributed by atoms with van der Waals surface area (Å²) in [4.78, 5) is 4.25. The van der Waals surface area contributed by atoms with Crippen LogP contribution in [0.3, 0.4) is 0 Å². The first-order valence-corrected chi connectivity index (χ1v) is 7.43. The van der Waals surface area contributed by atoms with E-state index in [0.29, 0.717) is 11.5 Å². The van der Waals surface area contributed by atoms with E-state index in [1.165, 1.54) is 37.7 Å². The molecule has 1 atom stereocenters. The molecule has 1 unspecified atom stereocenters. The van der Waals surface area contributed by atoms with E-state index in [0.717, 1.165) is 13.0 Å². The third-order valence-corrected chi connectivity index (χ3v) is 4.66. The van der Waals surface area contributed by atoms with Crippen molar-refractivity contribution in [2.24, 2.45) is 5.41 Å². The molecule has 1 heterocycles. The van der Waals surface area contributed by atoms with Crippen LogP contribution in [0.1, 0.15) is 51.5 Å². The molecule has 0 saturated heterocycles. The van der Waals surface area contributed by atoms with E-state index in [1.807, 2.05) is 18.5 Å². The largest absolute Gasteiger partial charge is 0.313 e. The van der Waals surface area contributed by atoms with Gasteiger partial charge < -0.3 is 5.32 Å². The van der Waals surface area contributed by atoms with E-state index in [9.17, 15) is 0 Å². The number of nitrogens with zero attached hydrogens (tertiary/aromatic N) is 1. The molecule has 2 heteroatoms. The molecule has 1 saturated carbocycles. The van der Waals surface area contributed by atoms with Gasteiger partial charge in [0.05, 0.1) is 0 Å². The van der Waals surface area contributed by atoms with Crippen molar-refractivity contribution in [3.8, 4) is 0 Å². The molecule has 0 spiro atoms. The lowest BCUT2D eigenvalue weighted by atomic mass is 9.74. The Labute approximate surface area is 111 Å². The Hall–Kier alpha value is -0.890. The highest BCUT2D eigenvalue weighted by Crippen LogP contribution is 2.44. The average Bonchev–Trinajstić information content (AvgIpc) is 2.89. The van der Waals surface area contributed by atoms with E-state index in [2.05, 4.69) is 30.2 Å². The van der Waals surface area contributed by atoms with Gasteiger partial charge in [-0.15, -0.1) is 0 Å². The van der Waals surface area contributed by atoms with E-state index in [4.69, 9.17) is 0 Å². The van der Waals surface area contributed by atoms with Crippen molar-refractivity contribution in [1.29, 1.82) is 0 Å². The smallest absolute Gasteiger partial charge is 0.0300 e. The number of rotatable bonds is 6. The second kappa shape index (κ2) is 6.33. The average molecular weight is 246 g/mol. The number of hydrogen-bond donors (Lipinski definition) is 1. The van der Waals surface area contributed by atoms with Gasteiger partial charge in [-0.2, -0.15) is 0 Å². The van der Waals surface area contributed by atoms with E-state index in [-0.39, 0.29) is 0 Å². The topological polar surface area (TPSA) is 24.9 Å². The van der Waals surface area contributed by atoms with Crippen LogP contribution < -0.4 is 5.32 Å². The molecule has 1 aromatic heterocycles. The van der Waals surface area contributed by atoms with Gasteiger partial charge in [-0.25, -0.2) is 0 Å². The summed E-state index contributed by atoms with van der Waals surface area (Å²) >= 11 is 0. The molecule has 0 radical (unpaired) electrons. The zero-order valence-electron chi connectivity index (χ0n) is 11.8. The Morgan fingerprint density at radius 2 is 2.11 bits per heavy atom. The maximum atomic E-state index is 4.25. The Morgan fingerprint density at radius 3 is 2.67 bits per heavy atom. The molecule has 1 aliphatic carbocycles. The van der Waals surface area contributed by atoms with Gasteiger partial charge in [-0.05, 0) is 49.3 Å². The van der Waals surface area contributed by atoms with Crippen LogP contribution in [-0.4, -0.2) is 17.6 Å². The fraction of sp³-hybridized carbons (Fsp3) is 0.688. The molecule has 18 heavy (non-hydrogen) atoms. The monoisotopic (exact) mass is 246 g/mol. The van der Waals surface area contributed by atoms with Gasteiger partial charge in [-0.3, -0.25) is 4.98 Å². The first kappa shape index (κ1) is 13.5. The van der Waals surface area contributed by atoms with Crippen molar-refractivity contribution in [2.45, 2.75) is 58.4 Å². The molecular formula is C16H26N2. The molecule has 100 valence electrons. The van der Waals surface area contributed by atoms with E-state index < -0.39 is 0 Å². The summed E-state index contributed by atoms with van der Waals surface area (Å²) in [5.41, 5.74) is 1.88. The molecule has 0 bridgehead atoms. The Morgan fingerprint density at radius 1 is 1.33 bits per heavy atom. The van der Waals surface area contributed by atoms with Crippen molar-refractivity contribution < 1.29 is 0 Å². The summed E-state index contributed by atoms with van der Waals surface area (Å²) in [7, 11) is 0. The quantitative estimate of drug-likeness (QED) is 0.830. The van der Waals surface area contributed by atoms with Crippen LogP contribution in [0.15, 0.2) is 24.5 Å². The summed E-state index contributed by atoms with van der Waals surface area (Å²) in [5, 5.41) is 3.74. The third-order valence-electron chi connectivity index (χ3n) is 4.66. The lowest BCUT2D eigenvalue weighted by Crippen LogP contribution is -2.45. The summed E-state index contributed by atoms with van der Waals surface area (Å²) in [6.45, 7) is 5.64. The zero-order chi connectivity index (χ0) is 12.8. The number of nitrogens with one attached hydrogen (secondary N) is 1. The number of hydrogen-bond acceptors (Lipinski definition) is 2. The molecule has 0 amide bonds. The standard InChI is InChI=1S/C16H26N2/c1-3-16(9-5-6-10-16)15(18-4-2)12-14-8-7-11-17-13-14/h7-8,11,13,15,18H,3-6,9-10,12H2,1-2H3. The Kier molecular flexibility index (Phi) is 4.76. The van der Waals surface area contributed by atoms with Crippen LogP contribution in [0.2, 0.25) is 0 Å². The highest BCUT2D eigenvalue weighted by atomic mass is 14.9. The highest BCUT2D eigenvalue weighted by molar-refractivity contribution is 5.12. The van der Waals surface area contributed by atoms with Gasteiger partial charge in [0.25, 0.3) is 0 Å². The van der Waals surface area contributed by atoms with Crippen molar-refractivity contribution in [1.82, 2.24) is 10.3 Å². The van der Waals surface area contributed by atoms with Crippen LogP contribution in [0.5, 0.6) is 0 Å². The second-order valence-electron chi connectivity index (χ2n) is 5.60. The maximum Gasteiger partial charge on any atom is 0.0300 e. The van der Waals surface area contributed by atoms with E-state index in [1.54, 1.807) is 0 Å². The van der Waals surface area contributed by atoms with Crippen molar-refractivity contribution in [2.75, 3.05) is 6.54 Å². The fourth-order valence-corrected chi connectivity index (χ4v) is 3.53. The lowest BCUT2D eigenvalue weighted by Gasteiger charge is -2.37. The predicted octanol–water partition coefficient (Wildman–Crippen LogP) is 3.57. The van der Waals surface area contributed by atoms with Crippen LogP contribution in [0.4, 0.5) is 0 Å². The van der Waals surface area contributed by atoms with Gasteiger partial charge in [0, 0.05) is 18.4 Å². The third kappa shape index (κ3) is 2.92. The Bertz CT molecular complexity index is 341. The summed E-state index contributed by atoms with van der Waals surface area (Å²) in [6.07, 6.45) is 11.9. The minimum absolute atomic E-state index is 0.520. The molecule has 0 aliphatic heterocycles. The van der Waals surface area contributed by atoms with Gasteiger partial charge in [0.15, 0.2) is 0 Å². The number of aromatic nitrogens is 1. The van der Waals surface area contributed by atoms with Crippen LogP contribution in [-0.2, 0) is 6.42 Å². The molecule has 1 N–H and O–H groups in total. The molecule has 2 rings (SSSR count). The minimum Gasteiger partial charge on any atom is -0.313 e. The summed E-state index contributed by atoms with van der Waals surface area (Å²) in [5.74, 6) is 0. The first-order chi connectivity index (χ1) is 8.80. The lowest BCUT2D eigenvalue weighted by molar-refractivity contribution is 0.186. The normalized spacial score (nSPS) is 19.9. The SMILES string of the molecule is CCNC(Cc1cccnc1)C1(CC)CCCC1. The van der Waals surface area contributed by atoms with E-state index >= 15 is 0 Å². The minimum atomic E-state index is 0.520. The van der Waals surface area contributed by atoms with Gasteiger partial charge in [0.2, 0.25) is 0 Å². The molecule has 2 nitrogen and oxygen atoms in total. The van der Waals surface area contributed by atoms with Crippen molar-refractivity contribution in [3.63, 3.8) is 0 Å². The predicted molar refractivity (Wildman–Crippen MR) is 76.6 cm³/mol. The van der Waals surface area contributed by atoms with Crippen LogP contribution in [0.25, 0.3) is 0 Å². The van der Waals surface area contributed by atoms with Crippen LogP contribution >= 0.6 is 0 Å². The zero-order valence-corrected chi connectivity index (χ0v) is 11.8. The van der Waals surface area contributed by atoms with Gasteiger partial charge in [-0.1, -0.05) is 32.8 Å². The molecular weight excluding hydrogens is 220 g/mol. The molecule has 0 aromatic carbocycles. The Balaban J connectivity index is 2.12. The van der Waals surface area contributed by atoms with Crippen molar-refractivity contribution in [3.05, 3.63) is 30.1 Å². The van der Waals surface area contributed by atoms with Gasteiger partial charge in [0.1, 0.15) is 0 Å². The number of likely N-dealkylation sites (N-methyl/N-ethyl adjacent to an activating group) is 1. The molecule has 1 aromatic rings. The molecule has 1 aliphatic rings. The maximum absolute atomic E-state index is 4.25. The fourth-order valence-electron chi connectivity index (χ4n) is 3.53. The van der Waals surface area contributed by atoms with Crippen molar-refractivity contribution >= 4 is 0 Å². The summed E-state index contributed by atoms with van der Waals surface area (Å²) < 4.78 is 0. The first-order valence-electron chi connectivity index (χ1n) is 7.43.